The van der Waals surface area contributed by atoms with E-state index in [9.17, 15) is 19.3 Å². The Hall–Kier alpha value is -2.47. The molecule has 0 heterocycles. The number of benzene rings is 2. The lowest BCUT2D eigenvalue weighted by Gasteiger charge is -2.07. The number of hydrogen-bond acceptors (Lipinski definition) is 3. The van der Waals surface area contributed by atoms with E-state index in [1.807, 2.05) is 0 Å². The number of nitro benzene ring substituents is 1. The highest BCUT2D eigenvalue weighted by atomic mass is 35.5. The van der Waals surface area contributed by atoms with Crippen molar-refractivity contribution in [2.75, 3.05) is 5.32 Å². The number of rotatable bonds is 3. The van der Waals surface area contributed by atoms with Gasteiger partial charge in [0.05, 0.1) is 27.3 Å². The van der Waals surface area contributed by atoms with Gasteiger partial charge in [-0.15, -0.1) is 0 Å². The van der Waals surface area contributed by atoms with E-state index < -0.39 is 22.3 Å². The molecule has 1 amide bonds. The number of anilines is 1. The second-order valence-electron chi connectivity index (χ2n) is 3.86. The van der Waals surface area contributed by atoms with Crippen molar-refractivity contribution in [3.8, 4) is 0 Å². The predicted octanol–water partition coefficient (Wildman–Crippen LogP) is 3.64. The summed E-state index contributed by atoms with van der Waals surface area (Å²) >= 11 is 5.85. The van der Waals surface area contributed by atoms with E-state index >= 15 is 0 Å². The molecule has 0 spiro atoms. The summed E-state index contributed by atoms with van der Waals surface area (Å²) in [6.07, 6.45) is 0. The van der Waals surface area contributed by atoms with E-state index in [-0.39, 0.29) is 16.3 Å². The highest BCUT2D eigenvalue weighted by molar-refractivity contribution is 6.34. The van der Waals surface area contributed by atoms with Gasteiger partial charge >= 0.3 is 0 Å². The van der Waals surface area contributed by atoms with E-state index in [1.54, 1.807) is 12.1 Å². The Morgan fingerprint density at radius 1 is 1.25 bits per heavy atom. The van der Waals surface area contributed by atoms with Gasteiger partial charge in [-0.25, -0.2) is 4.39 Å². The molecule has 0 bridgehead atoms. The van der Waals surface area contributed by atoms with Gasteiger partial charge in [0.2, 0.25) is 0 Å². The number of amides is 1. The molecule has 0 radical (unpaired) electrons. The maximum absolute atomic E-state index is 13.6. The molecule has 2 rings (SSSR count). The average molecular weight is 295 g/mol. The molecular formula is C13H8ClFN2O3. The van der Waals surface area contributed by atoms with Crippen LogP contribution in [0.4, 0.5) is 15.8 Å². The van der Waals surface area contributed by atoms with Crippen molar-refractivity contribution in [2.45, 2.75) is 0 Å². The van der Waals surface area contributed by atoms with Crippen LogP contribution in [0.15, 0.2) is 42.5 Å². The lowest BCUT2D eigenvalue weighted by atomic mass is 10.2. The number of nitro groups is 1. The quantitative estimate of drug-likeness (QED) is 0.694. The summed E-state index contributed by atoms with van der Waals surface area (Å²) in [6, 6.07) is 9.26. The van der Waals surface area contributed by atoms with E-state index in [4.69, 9.17) is 11.6 Å². The van der Waals surface area contributed by atoms with Gasteiger partial charge in [-0.2, -0.15) is 0 Å². The van der Waals surface area contributed by atoms with E-state index in [2.05, 4.69) is 5.32 Å². The van der Waals surface area contributed by atoms with Gasteiger partial charge in [0.15, 0.2) is 5.82 Å². The van der Waals surface area contributed by atoms with Gasteiger partial charge in [0.1, 0.15) is 0 Å². The fourth-order valence-corrected chi connectivity index (χ4v) is 1.78. The molecule has 7 heteroatoms. The van der Waals surface area contributed by atoms with Crippen molar-refractivity contribution < 1.29 is 14.1 Å². The second-order valence-corrected chi connectivity index (χ2v) is 4.26. The van der Waals surface area contributed by atoms with Gasteiger partial charge in [0.25, 0.3) is 11.6 Å². The van der Waals surface area contributed by atoms with E-state index in [0.29, 0.717) is 0 Å². The molecule has 1 N–H and O–H groups in total. The molecule has 20 heavy (non-hydrogen) atoms. The van der Waals surface area contributed by atoms with Crippen molar-refractivity contribution in [1.29, 1.82) is 0 Å². The van der Waals surface area contributed by atoms with Crippen molar-refractivity contribution in [3.63, 3.8) is 0 Å². The molecular weight excluding hydrogens is 287 g/mol. The van der Waals surface area contributed by atoms with Crippen LogP contribution < -0.4 is 5.32 Å². The first kappa shape index (κ1) is 14.0. The van der Waals surface area contributed by atoms with Crippen LogP contribution in [0.3, 0.4) is 0 Å². The third kappa shape index (κ3) is 2.92. The van der Waals surface area contributed by atoms with Gasteiger partial charge in [-0.05, 0) is 18.2 Å². The smallest absolute Gasteiger partial charge is 0.272 e. The third-order valence-corrected chi connectivity index (χ3v) is 2.86. The number of nitrogens with zero attached hydrogens (tertiary/aromatic N) is 1. The SMILES string of the molecule is O=C(Nc1ccc([N+](=O)[O-])cc1F)c1ccccc1Cl. The van der Waals surface area contributed by atoms with Crippen molar-refractivity contribution in [2.24, 2.45) is 0 Å². The molecule has 2 aromatic carbocycles. The van der Waals surface area contributed by atoms with Crippen LogP contribution in [-0.4, -0.2) is 10.8 Å². The summed E-state index contributed by atoms with van der Waals surface area (Å²) in [5.41, 5.74) is -0.356. The zero-order chi connectivity index (χ0) is 14.7. The molecule has 102 valence electrons. The molecule has 0 aliphatic heterocycles. The second kappa shape index (κ2) is 5.66. The Kier molecular flexibility index (Phi) is 3.95. The first-order valence-corrected chi connectivity index (χ1v) is 5.86. The van der Waals surface area contributed by atoms with Crippen LogP contribution >= 0.6 is 11.6 Å². The van der Waals surface area contributed by atoms with Crippen LogP contribution in [-0.2, 0) is 0 Å². The molecule has 0 fully saturated rings. The number of hydrogen-bond donors (Lipinski definition) is 1. The summed E-state index contributed by atoms with van der Waals surface area (Å²) in [5.74, 6) is -1.48. The van der Waals surface area contributed by atoms with Crippen LogP contribution in [0.2, 0.25) is 5.02 Å². The maximum atomic E-state index is 13.6. The standard InChI is InChI=1S/C13H8ClFN2O3/c14-10-4-2-1-3-9(10)13(18)16-12-6-5-8(17(19)20)7-11(12)15/h1-7H,(H,16,18). The predicted molar refractivity (Wildman–Crippen MR) is 72.5 cm³/mol. The number of non-ortho nitro benzene ring substituents is 1. The zero-order valence-corrected chi connectivity index (χ0v) is 10.7. The summed E-state index contributed by atoms with van der Waals surface area (Å²) in [4.78, 5) is 21.7. The minimum absolute atomic E-state index is 0.152. The van der Waals surface area contributed by atoms with Gasteiger partial charge in [0, 0.05) is 6.07 Å². The van der Waals surface area contributed by atoms with Gasteiger partial charge < -0.3 is 5.32 Å². The zero-order valence-electron chi connectivity index (χ0n) is 9.97. The normalized spacial score (nSPS) is 10.1. The minimum Gasteiger partial charge on any atom is -0.319 e. The number of halogens is 2. The molecule has 5 nitrogen and oxygen atoms in total. The number of carbonyl (C=O) groups excluding carboxylic acids is 1. The number of nitrogens with one attached hydrogen (secondary N) is 1. The maximum Gasteiger partial charge on any atom is 0.272 e. The van der Waals surface area contributed by atoms with Crippen molar-refractivity contribution >= 4 is 28.9 Å². The first-order valence-electron chi connectivity index (χ1n) is 5.49. The average Bonchev–Trinajstić information content (AvgIpc) is 2.41. The Bertz CT molecular complexity index is 691. The highest BCUT2D eigenvalue weighted by Crippen LogP contribution is 2.22. The van der Waals surface area contributed by atoms with Gasteiger partial charge in [-0.3, -0.25) is 14.9 Å². The third-order valence-electron chi connectivity index (χ3n) is 2.53. The molecule has 0 aromatic heterocycles. The summed E-state index contributed by atoms with van der Waals surface area (Å²) in [5, 5.41) is 13.0. The minimum atomic E-state index is -0.889. The molecule has 0 unspecified atom stereocenters. The first-order chi connectivity index (χ1) is 9.49. The Morgan fingerprint density at radius 3 is 2.55 bits per heavy atom. The van der Waals surface area contributed by atoms with E-state index in [0.717, 1.165) is 18.2 Å². The number of carbonyl (C=O) groups is 1. The summed E-state index contributed by atoms with van der Waals surface area (Å²) < 4.78 is 13.6. The summed E-state index contributed by atoms with van der Waals surface area (Å²) in [6.45, 7) is 0. The molecule has 0 aliphatic rings. The highest BCUT2D eigenvalue weighted by Gasteiger charge is 2.15. The van der Waals surface area contributed by atoms with Crippen LogP contribution in [0.1, 0.15) is 10.4 Å². The lowest BCUT2D eigenvalue weighted by Crippen LogP contribution is -2.13. The Morgan fingerprint density at radius 2 is 1.95 bits per heavy atom. The molecule has 0 saturated heterocycles. The largest absolute Gasteiger partial charge is 0.319 e. The van der Waals surface area contributed by atoms with Crippen LogP contribution in [0, 0.1) is 15.9 Å². The van der Waals surface area contributed by atoms with Gasteiger partial charge in [-0.1, -0.05) is 23.7 Å². The Labute approximate surface area is 118 Å². The topological polar surface area (TPSA) is 72.2 Å². The Balaban J connectivity index is 2.25. The van der Waals surface area contributed by atoms with Crippen molar-refractivity contribution in [3.05, 3.63) is 69.0 Å². The lowest BCUT2D eigenvalue weighted by molar-refractivity contribution is -0.385. The summed E-state index contributed by atoms with van der Waals surface area (Å²) in [7, 11) is 0. The molecule has 0 atom stereocenters. The molecule has 0 aliphatic carbocycles. The molecule has 0 saturated carbocycles. The van der Waals surface area contributed by atoms with E-state index in [1.165, 1.54) is 12.1 Å². The fraction of sp³-hybridized carbons (Fsp3) is 0. The molecule has 2 aromatic rings. The monoisotopic (exact) mass is 294 g/mol. The fourth-order valence-electron chi connectivity index (χ4n) is 1.55. The van der Waals surface area contributed by atoms with Crippen LogP contribution in [0.5, 0.6) is 0 Å². The van der Waals surface area contributed by atoms with Crippen LogP contribution in [0.25, 0.3) is 0 Å². The van der Waals surface area contributed by atoms with Crippen molar-refractivity contribution in [1.82, 2.24) is 0 Å².